The van der Waals surface area contributed by atoms with Gasteiger partial charge in [-0.15, -0.1) is 0 Å². The second-order valence-electron chi connectivity index (χ2n) is 4.88. The highest BCUT2D eigenvalue weighted by Crippen LogP contribution is 2.14. The topological polar surface area (TPSA) is 75.1 Å². The van der Waals surface area contributed by atoms with Crippen molar-refractivity contribution in [2.75, 3.05) is 26.2 Å². The van der Waals surface area contributed by atoms with Gasteiger partial charge in [0.15, 0.2) is 0 Å². The number of pyridine rings is 1. The molecule has 110 valence electrons. The molecule has 1 fully saturated rings. The zero-order valence-electron chi connectivity index (χ0n) is 11.6. The summed E-state index contributed by atoms with van der Waals surface area (Å²) >= 11 is 0. The Labute approximate surface area is 119 Å². The summed E-state index contributed by atoms with van der Waals surface area (Å²) in [5.74, 6) is 0.809. The summed E-state index contributed by atoms with van der Waals surface area (Å²) in [7, 11) is -1.83. The number of aromatic nitrogens is 1. The third-order valence-electron chi connectivity index (χ3n) is 3.27. The molecule has 1 aromatic heterocycles. The molecule has 0 spiro atoms. The van der Waals surface area contributed by atoms with Crippen LogP contribution in [0.15, 0.2) is 18.3 Å². The van der Waals surface area contributed by atoms with Crippen LogP contribution >= 0.6 is 0 Å². The van der Waals surface area contributed by atoms with E-state index in [-0.39, 0.29) is 0 Å². The number of nitrogens with zero attached hydrogens (tertiary/aromatic N) is 2. The van der Waals surface area contributed by atoms with Gasteiger partial charge in [0.2, 0.25) is 5.88 Å². The molecule has 0 radical (unpaired) electrons. The summed E-state index contributed by atoms with van der Waals surface area (Å²) in [4.78, 5) is 6.51. The van der Waals surface area contributed by atoms with Crippen molar-refractivity contribution < 1.29 is 19.4 Å². The van der Waals surface area contributed by atoms with Crippen molar-refractivity contribution in [2.24, 2.45) is 0 Å². The van der Waals surface area contributed by atoms with Crippen LogP contribution < -0.4 is 9.39 Å². The van der Waals surface area contributed by atoms with Crippen LogP contribution in [0.25, 0.3) is 0 Å². The van der Waals surface area contributed by atoms with Crippen molar-refractivity contribution in [1.29, 1.82) is 0 Å². The molecule has 0 unspecified atom stereocenters. The predicted molar refractivity (Wildman–Crippen MR) is 75.5 cm³/mol. The molecule has 2 N–H and O–H groups in total. The molecule has 2 rings (SSSR count). The maximum absolute atomic E-state index is 8.64. The van der Waals surface area contributed by atoms with Gasteiger partial charge in [0.05, 0.1) is 12.8 Å². The lowest BCUT2D eigenvalue weighted by molar-refractivity contribution is 0.203. The van der Waals surface area contributed by atoms with E-state index in [1.807, 2.05) is 0 Å². The minimum Gasteiger partial charge on any atom is -0.511 e. The number of rotatable bonds is 7. The first-order valence-electron chi connectivity index (χ1n) is 7.08. The molecule has 0 bridgehead atoms. The Morgan fingerprint density at radius 2 is 2.00 bits per heavy atom. The van der Waals surface area contributed by atoms with E-state index in [0.717, 1.165) is 13.0 Å². The largest absolute Gasteiger partial charge is 0.707 e. The lowest BCUT2D eigenvalue weighted by Crippen LogP contribution is -2.31. The minimum atomic E-state index is -1.83. The first kappa shape index (κ1) is 15.1. The van der Waals surface area contributed by atoms with Gasteiger partial charge in [-0.3, -0.25) is 0 Å². The molecule has 0 amide bonds. The Bertz CT molecular complexity index is 382. The van der Waals surface area contributed by atoms with Gasteiger partial charge < -0.3 is 24.3 Å². The van der Waals surface area contributed by atoms with Crippen LogP contribution in [-0.4, -0.2) is 53.5 Å². The van der Waals surface area contributed by atoms with Crippen molar-refractivity contribution in [3.05, 3.63) is 18.3 Å². The summed E-state index contributed by atoms with van der Waals surface area (Å²) in [5, 5.41) is 17.3. The molecule has 7 heteroatoms. The highest BCUT2D eigenvalue weighted by atomic mass is 16.6. The lowest BCUT2D eigenvalue weighted by atomic mass is 10.1. The molecule has 0 saturated carbocycles. The Morgan fingerprint density at radius 1 is 1.20 bits per heavy atom. The fourth-order valence-electron chi connectivity index (χ4n) is 2.29. The normalized spacial score (nSPS) is 15.9. The second-order valence-corrected chi connectivity index (χ2v) is 4.88. The quantitative estimate of drug-likeness (QED) is 0.565. The van der Waals surface area contributed by atoms with Gasteiger partial charge in [0, 0.05) is 12.6 Å². The molecule has 1 aliphatic rings. The fourth-order valence-corrected chi connectivity index (χ4v) is 2.29. The van der Waals surface area contributed by atoms with Crippen molar-refractivity contribution in [2.45, 2.75) is 25.7 Å². The summed E-state index contributed by atoms with van der Waals surface area (Å²) in [6, 6.07) is 3.24. The van der Waals surface area contributed by atoms with Crippen molar-refractivity contribution >= 4 is 7.32 Å². The monoisotopic (exact) mass is 280 g/mol. The average molecular weight is 280 g/mol. The predicted octanol–water partition coefficient (Wildman–Crippen LogP) is 0.685. The van der Waals surface area contributed by atoms with Gasteiger partial charge in [-0.2, -0.15) is 0 Å². The standard InChI is InChI=1S/C13H21BN2O4/c17-14(18)20-12-5-6-13(15-11-12)19-10-4-9-16-7-2-1-3-8-16/h5-6,11,17-18H,1-4,7-10H2. The number of ether oxygens (including phenoxy) is 1. The van der Waals surface area contributed by atoms with Crippen LogP contribution in [0, 0.1) is 0 Å². The van der Waals surface area contributed by atoms with Crippen LogP contribution in [-0.2, 0) is 0 Å². The average Bonchev–Trinajstić information content (AvgIpc) is 2.46. The molecule has 0 atom stereocenters. The minimum absolute atomic E-state index is 0.292. The molecule has 0 aromatic carbocycles. The van der Waals surface area contributed by atoms with Crippen LogP contribution in [0.1, 0.15) is 25.7 Å². The van der Waals surface area contributed by atoms with E-state index in [9.17, 15) is 0 Å². The number of piperidine rings is 1. The smallest absolute Gasteiger partial charge is 0.511 e. The van der Waals surface area contributed by atoms with E-state index >= 15 is 0 Å². The summed E-state index contributed by atoms with van der Waals surface area (Å²) in [6.07, 6.45) is 6.35. The van der Waals surface area contributed by atoms with E-state index in [4.69, 9.17) is 14.8 Å². The SMILES string of the molecule is OB(O)Oc1ccc(OCCCN2CCCCC2)nc1. The third kappa shape index (κ3) is 5.36. The zero-order valence-corrected chi connectivity index (χ0v) is 11.6. The fraction of sp³-hybridized carbons (Fsp3) is 0.615. The first-order chi connectivity index (χ1) is 9.74. The molecule has 1 aliphatic heterocycles. The Hall–Kier alpha value is -1.31. The highest BCUT2D eigenvalue weighted by Gasteiger charge is 2.11. The van der Waals surface area contributed by atoms with E-state index < -0.39 is 7.32 Å². The van der Waals surface area contributed by atoms with Crippen LogP contribution in [0.3, 0.4) is 0 Å². The molecule has 20 heavy (non-hydrogen) atoms. The Morgan fingerprint density at radius 3 is 2.65 bits per heavy atom. The molecule has 2 heterocycles. The van der Waals surface area contributed by atoms with Gasteiger partial charge in [-0.25, -0.2) is 4.98 Å². The van der Waals surface area contributed by atoms with E-state index in [1.165, 1.54) is 38.5 Å². The second kappa shape index (κ2) is 8.09. The van der Waals surface area contributed by atoms with Crippen molar-refractivity contribution in [3.8, 4) is 11.6 Å². The Balaban J connectivity index is 1.63. The maximum Gasteiger partial charge on any atom is 0.707 e. The zero-order chi connectivity index (χ0) is 14.2. The van der Waals surface area contributed by atoms with E-state index in [1.54, 1.807) is 12.1 Å². The van der Waals surface area contributed by atoms with Crippen LogP contribution in [0.5, 0.6) is 11.6 Å². The third-order valence-corrected chi connectivity index (χ3v) is 3.27. The summed E-state index contributed by atoms with van der Waals surface area (Å²) < 4.78 is 10.2. The summed E-state index contributed by atoms with van der Waals surface area (Å²) in [5.41, 5.74) is 0. The van der Waals surface area contributed by atoms with Crippen molar-refractivity contribution in [1.82, 2.24) is 9.88 Å². The Kier molecular flexibility index (Phi) is 6.10. The van der Waals surface area contributed by atoms with Gasteiger partial charge in [0.1, 0.15) is 5.75 Å². The van der Waals surface area contributed by atoms with Crippen molar-refractivity contribution in [3.63, 3.8) is 0 Å². The summed E-state index contributed by atoms with van der Waals surface area (Å²) in [6.45, 7) is 4.10. The van der Waals surface area contributed by atoms with Gasteiger partial charge in [-0.1, -0.05) is 6.42 Å². The van der Waals surface area contributed by atoms with Gasteiger partial charge in [0.25, 0.3) is 0 Å². The number of likely N-dealkylation sites (tertiary alicyclic amines) is 1. The van der Waals surface area contributed by atoms with E-state index in [2.05, 4.69) is 14.5 Å². The number of hydrogen-bond acceptors (Lipinski definition) is 6. The van der Waals surface area contributed by atoms with Gasteiger partial charge in [-0.05, 0) is 38.4 Å². The van der Waals surface area contributed by atoms with E-state index in [0.29, 0.717) is 18.2 Å². The molecular formula is C13H21BN2O4. The molecule has 6 nitrogen and oxygen atoms in total. The molecule has 1 saturated heterocycles. The lowest BCUT2D eigenvalue weighted by Gasteiger charge is -2.26. The molecular weight excluding hydrogens is 259 g/mol. The maximum atomic E-state index is 8.64. The van der Waals surface area contributed by atoms with Crippen LogP contribution in [0.4, 0.5) is 0 Å². The van der Waals surface area contributed by atoms with Gasteiger partial charge >= 0.3 is 7.32 Å². The number of hydrogen-bond donors (Lipinski definition) is 2. The first-order valence-corrected chi connectivity index (χ1v) is 7.08. The van der Waals surface area contributed by atoms with Crippen LogP contribution in [0.2, 0.25) is 0 Å². The molecule has 1 aromatic rings. The molecule has 0 aliphatic carbocycles. The highest BCUT2D eigenvalue weighted by molar-refractivity contribution is 6.33.